The summed E-state index contributed by atoms with van der Waals surface area (Å²) < 4.78 is 17.5. The van der Waals surface area contributed by atoms with Crippen LogP contribution < -0.4 is 0 Å². The first-order valence-electron chi connectivity index (χ1n) is 12.6. The molecule has 4 aliphatic carbocycles. The Kier molecular flexibility index (Phi) is 6.45. The highest BCUT2D eigenvalue weighted by atomic mass is 16.6. The van der Waals surface area contributed by atoms with Crippen LogP contribution in [0.25, 0.3) is 0 Å². The molecule has 3 saturated carbocycles. The first kappa shape index (κ1) is 24.9. The highest BCUT2D eigenvalue weighted by molar-refractivity contribution is 5.95. The molecule has 4 unspecified atom stereocenters. The zero-order chi connectivity index (χ0) is 25.0. The largest absolute Gasteiger partial charge is 0.463 e. The van der Waals surface area contributed by atoms with Crippen LogP contribution in [0.3, 0.4) is 0 Å². The number of carbonyl (C=O) groups excluding carboxylic acids is 4. The van der Waals surface area contributed by atoms with Crippen molar-refractivity contribution >= 4 is 23.7 Å². The number of ketones is 1. The van der Waals surface area contributed by atoms with Gasteiger partial charge in [0.2, 0.25) is 0 Å². The van der Waals surface area contributed by atoms with Crippen molar-refractivity contribution in [3.63, 3.8) is 0 Å². The maximum atomic E-state index is 12.6. The summed E-state index contributed by atoms with van der Waals surface area (Å²) in [5.41, 5.74) is 0.0703. The van der Waals surface area contributed by atoms with Gasteiger partial charge >= 0.3 is 17.9 Å². The van der Waals surface area contributed by atoms with Gasteiger partial charge in [0.1, 0.15) is 18.3 Å². The molecule has 0 aromatic rings. The number of Topliss-reactive ketones (excluding diaryl/α,β-unsaturated/α-hetero) is 1. The zero-order valence-corrected chi connectivity index (χ0v) is 21.2. The maximum absolute atomic E-state index is 12.6. The van der Waals surface area contributed by atoms with Crippen LogP contribution in [0.5, 0.6) is 0 Å². The van der Waals surface area contributed by atoms with Crippen molar-refractivity contribution in [2.24, 2.45) is 34.5 Å². The van der Waals surface area contributed by atoms with Gasteiger partial charge in [-0.1, -0.05) is 19.9 Å². The summed E-state index contributed by atoms with van der Waals surface area (Å²) in [4.78, 5) is 48.6. The molecule has 9 atom stereocenters. The fourth-order valence-corrected chi connectivity index (χ4v) is 8.27. The first-order valence-corrected chi connectivity index (χ1v) is 12.6. The lowest BCUT2D eigenvalue weighted by Gasteiger charge is -2.63. The average Bonchev–Trinajstić information content (AvgIpc) is 3.07. The quantitative estimate of drug-likeness (QED) is 0.446. The summed E-state index contributed by atoms with van der Waals surface area (Å²) in [5, 5.41) is 0. The molecule has 0 spiro atoms. The minimum atomic E-state index is -0.602. The Morgan fingerprint density at radius 3 is 2.09 bits per heavy atom. The van der Waals surface area contributed by atoms with Crippen molar-refractivity contribution in [3.05, 3.63) is 11.6 Å². The number of hydrogen-bond donors (Lipinski definition) is 0. The van der Waals surface area contributed by atoms with E-state index in [1.54, 1.807) is 6.92 Å². The summed E-state index contributed by atoms with van der Waals surface area (Å²) in [6.07, 6.45) is 5.70. The van der Waals surface area contributed by atoms with E-state index in [1.807, 2.05) is 6.08 Å². The van der Waals surface area contributed by atoms with Crippen LogP contribution in [0, 0.1) is 34.5 Å². The predicted octanol–water partition coefficient (Wildman–Crippen LogP) is 4.17. The van der Waals surface area contributed by atoms with E-state index in [0.717, 1.165) is 31.3 Å². The second kappa shape index (κ2) is 8.80. The molecule has 34 heavy (non-hydrogen) atoms. The van der Waals surface area contributed by atoms with Crippen LogP contribution in [0.1, 0.15) is 80.1 Å². The lowest BCUT2D eigenvalue weighted by atomic mass is 9.43. The number of allylic oxidation sites excluding steroid dienone is 1. The Bertz CT molecular complexity index is 922. The third kappa shape index (κ3) is 3.99. The van der Waals surface area contributed by atoms with Crippen LogP contribution in [0.15, 0.2) is 11.6 Å². The van der Waals surface area contributed by atoms with Crippen molar-refractivity contribution in [2.45, 2.75) is 98.4 Å². The first-order chi connectivity index (χ1) is 15.9. The maximum Gasteiger partial charge on any atom is 0.302 e. The predicted molar refractivity (Wildman–Crippen MR) is 123 cm³/mol. The van der Waals surface area contributed by atoms with Crippen molar-refractivity contribution in [2.75, 3.05) is 0 Å². The molecular weight excluding hydrogens is 436 g/mol. The molecule has 0 radical (unpaired) electrons. The number of ether oxygens (including phenoxy) is 3. The van der Waals surface area contributed by atoms with E-state index in [1.165, 1.54) is 20.8 Å². The van der Waals surface area contributed by atoms with E-state index in [9.17, 15) is 19.2 Å². The SMILES string of the molecule is CC(=O)OC1CC[C@@]2(C)C(C1)CC(OC(C)=O)[C@@H]1[C@@H]2CC(OC(C)=O)[C@]2(C)C(C(C)=O)=CC[C@@H]12. The molecule has 4 rings (SSSR count). The Hall–Kier alpha value is -2.18. The third-order valence-electron chi connectivity index (χ3n) is 9.61. The lowest BCUT2D eigenvalue weighted by Crippen LogP contribution is -2.63. The monoisotopic (exact) mass is 474 g/mol. The van der Waals surface area contributed by atoms with Gasteiger partial charge in [-0.05, 0) is 68.6 Å². The van der Waals surface area contributed by atoms with E-state index in [-0.39, 0.29) is 65.0 Å². The summed E-state index contributed by atoms with van der Waals surface area (Å²) >= 11 is 0. The number of carbonyl (C=O) groups is 4. The average molecular weight is 475 g/mol. The van der Waals surface area contributed by atoms with Crippen LogP contribution in [-0.4, -0.2) is 42.0 Å². The number of rotatable bonds is 4. The molecule has 0 N–H and O–H groups in total. The highest BCUT2D eigenvalue weighted by Gasteiger charge is 2.66. The Labute approximate surface area is 202 Å². The summed E-state index contributed by atoms with van der Waals surface area (Å²) in [5.74, 6) is -0.408. The van der Waals surface area contributed by atoms with Gasteiger partial charge in [-0.15, -0.1) is 0 Å². The molecule has 0 amide bonds. The Balaban J connectivity index is 1.75. The molecule has 188 valence electrons. The fourth-order valence-electron chi connectivity index (χ4n) is 8.27. The van der Waals surface area contributed by atoms with Crippen molar-refractivity contribution in [1.29, 1.82) is 0 Å². The van der Waals surface area contributed by atoms with Gasteiger partial charge in [-0.2, -0.15) is 0 Å². The highest BCUT2D eigenvalue weighted by Crippen LogP contribution is 2.67. The normalized spacial score (nSPS) is 42.9. The summed E-state index contributed by atoms with van der Waals surface area (Å²) in [6.45, 7) is 10.3. The van der Waals surface area contributed by atoms with Gasteiger partial charge in [0, 0.05) is 37.7 Å². The molecule has 4 aliphatic rings. The van der Waals surface area contributed by atoms with Crippen LogP contribution in [-0.2, 0) is 33.4 Å². The second-order valence-corrected chi connectivity index (χ2v) is 11.4. The molecule has 0 heterocycles. The van der Waals surface area contributed by atoms with E-state index in [0.29, 0.717) is 12.8 Å². The zero-order valence-electron chi connectivity index (χ0n) is 21.2. The van der Waals surface area contributed by atoms with E-state index in [4.69, 9.17) is 14.2 Å². The summed E-state index contributed by atoms with van der Waals surface area (Å²) in [6, 6.07) is 0. The van der Waals surface area contributed by atoms with Gasteiger partial charge in [-0.25, -0.2) is 0 Å². The molecule has 0 aromatic heterocycles. The van der Waals surface area contributed by atoms with Crippen molar-refractivity contribution < 1.29 is 33.4 Å². The molecule has 0 bridgehead atoms. The number of fused-ring (bicyclic) bond motifs is 5. The molecule has 0 aliphatic heterocycles. The van der Waals surface area contributed by atoms with Crippen molar-refractivity contribution in [1.82, 2.24) is 0 Å². The van der Waals surface area contributed by atoms with Gasteiger partial charge < -0.3 is 14.2 Å². The van der Waals surface area contributed by atoms with Crippen LogP contribution in [0.2, 0.25) is 0 Å². The Morgan fingerprint density at radius 2 is 1.50 bits per heavy atom. The minimum absolute atomic E-state index is 0.00595. The Morgan fingerprint density at radius 1 is 0.853 bits per heavy atom. The fraction of sp³-hybridized carbons (Fsp3) is 0.778. The number of hydrogen-bond acceptors (Lipinski definition) is 7. The lowest BCUT2D eigenvalue weighted by molar-refractivity contribution is -0.214. The molecular formula is C27H38O7. The van der Waals surface area contributed by atoms with Gasteiger partial charge in [0.25, 0.3) is 0 Å². The topological polar surface area (TPSA) is 96.0 Å². The molecule has 7 nitrogen and oxygen atoms in total. The van der Waals surface area contributed by atoms with E-state index >= 15 is 0 Å². The second-order valence-electron chi connectivity index (χ2n) is 11.4. The number of esters is 3. The molecule has 0 saturated heterocycles. The van der Waals surface area contributed by atoms with Crippen molar-refractivity contribution in [3.8, 4) is 0 Å². The molecule has 0 aromatic carbocycles. The molecule has 7 heteroatoms. The van der Waals surface area contributed by atoms with Crippen LogP contribution in [0.4, 0.5) is 0 Å². The standard InChI is InChI=1S/C27H38O7/c1-14(28)20-7-8-21-25-22(13-24(27(20,21)6)34-17(4)31)26(5)10-9-19(32-15(2)29)11-18(26)12-23(25)33-16(3)30/h7,18-19,21-25H,8-13H2,1-6H3/t18?,19?,21-,22-,23?,24?,25-,26-,27+/m0/s1. The smallest absolute Gasteiger partial charge is 0.302 e. The van der Waals surface area contributed by atoms with Gasteiger partial charge in [0.15, 0.2) is 5.78 Å². The van der Waals surface area contributed by atoms with Gasteiger partial charge in [-0.3, -0.25) is 19.2 Å². The minimum Gasteiger partial charge on any atom is -0.463 e. The van der Waals surface area contributed by atoms with Crippen LogP contribution >= 0.6 is 0 Å². The third-order valence-corrected chi connectivity index (χ3v) is 9.61. The molecule has 3 fully saturated rings. The summed E-state index contributed by atoms with van der Waals surface area (Å²) in [7, 11) is 0. The van der Waals surface area contributed by atoms with E-state index < -0.39 is 11.5 Å². The van der Waals surface area contributed by atoms with E-state index in [2.05, 4.69) is 13.8 Å². The van der Waals surface area contributed by atoms with Gasteiger partial charge in [0.05, 0.1) is 0 Å².